The maximum atomic E-state index is 12.7. The van der Waals surface area contributed by atoms with Crippen LogP contribution in [0.5, 0.6) is 5.75 Å². The quantitative estimate of drug-likeness (QED) is 0.624. The average Bonchev–Trinajstić information content (AvgIpc) is 3.38. The number of aromatic carboxylic acids is 1. The number of carboxylic acids is 1. The number of benzene rings is 2. The number of carbonyl (C=O) groups is 1. The van der Waals surface area contributed by atoms with Gasteiger partial charge in [-0.15, -0.1) is 11.3 Å². The van der Waals surface area contributed by atoms with E-state index in [0.29, 0.717) is 17.0 Å². The lowest BCUT2D eigenvalue weighted by Gasteiger charge is -2.11. The number of fused-ring (bicyclic) bond motifs is 1. The summed E-state index contributed by atoms with van der Waals surface area (Å²) in [6.07, 6.45) is -2.25. The summed E-state index contributed by atoms with van der Waals surface area (Å²) in [6, 6.07) is 7.78. The summed E-state index contributed by atoms with van der Waals surface area (Å²) in [7, 11) is 0. The molecule has 0 saturated heterocycles. The zero-order chi connectivity index (χ0) is 19.2. The smallest absolute Gasteiger partial charge is 0.416 e. The number of nitrogens with zero attached hydrogens (tertiary/aromatic N) is 1. The fraction of sp³-hybridized carbons (Fsp3) is 0.263. The van der Waals surface area contributed by atoms with Crippen molar-refractivity contribution in [3.63, 3.8) is 0 Å². The molecule has 4 nitrogen and oxygen atoms in total. The summed E-state index contributed by atoms with van der Waals surface area (Å²) in [5, 5.41) is 10.4. The number of halogens is 3. The Bertz CT molecular complexity index is 1010. The van der Waals surface area contributed by atoms with Crippen molar-refractivity contribution in [2.75, 3.05) is 0 Å². The number of ether oxygens (including phenoxy) is 1. The molecule has 0 atom stereocenters. The number of alkyl halides is 3. The standard InChI is InChI=1S/C19H14F3NO3S/c20-19(21,22)12-5-1-10(2-6-12)9-26-16-13(18(24)25)7-8-14-15(16)23-17(27-14)11-3-4-11/h1-2,5-8,11H,3-4,9H2,(H,24,25). The summed E-state index contributed by atoms with van der Waals surface area (Å²) in [6.45, 7) is -0.0478. The minimum Gasteiger partial charge on any atom is -0.486 e. The Hall–Kier alpha value is -2.61. The predicted octanol–water partition coefficient (Wildman–Crippen LogP) is 5.47. The van der Waals surface area contributed by atoms with Crippen molar-refractivity contribution in [1.82, 2.24) is 4.98 Å². The first-order valence-corrected chi connectivity index (χ1v) is 9.10. The molecule has 0 aliphatic heterocycles. The molecule has 27 heavy (non-hydrogen) atoms. The van der Waals surface area contributed by atoms with E-state index in [1.165, 1.54) is 29.5 Å². The second kappa shape index (κ2) is 6.53. The summed E-state index contributed by atoms with van der Waals surface area (Å²) in [5.41, 5.74) is 0.248. The molecule has 1 aliphatic rings. The van der Waals surface area contributed by atoms with E-state index in [1.54, 1.807) is 6.07 Å². The van der Waals surface area contributed by atoms with Gasteiger partial charge in [0.1, 0.15) is 17.7 Å². The normalized spacial score (nSPS) is 14.5. The van der Waals surface area contributed by atoms with Crippen molar-refractivity contribution in [2.24, 2.45) is 0 Å². The molecule has 2 aromatic carbocycles. The number of hydrogen-bond donors (Lipinski definition) is 1. The van der Waals surface area contributed by atoms with Gasteiger partial charge >= 0.3 is 12.1 Å². The molecule has 0 bridgehead atoms. The van der Waals surface area contributed by atoms with Crippen LogP contribution in [-0.2, 0) is 12.8 Å². The number of aromatic nitrogens is 1. The molecule has 1 heterocycles. The van der Waals surface area contributed by atoms with Gasteiger partial charge in [0.2, 0.25) is 0 Å². The van der Waals surface area contributed by atoms with Crippen molar-refractivity contribution >= 4 is 27.5 Å². The zero-order valence-corrected chi connectivity index (χ0v) is 14.7. The minimum absolute atomic E-state index is 0.0120. The van der Waals surface area contributed by atoms with E-state index in [0.717, 1.165) is 34.7 Å². The molecular formula is C19H14F3NO3S. The van der Waals surface area contributed by atoms with E-state index in [4.69, 9.17) is 4.74 Å². The van der Waals surface area contributed by atoms with Crippen LogP contribution in [0.25, 0.3) is 10.2 Å². The Morgan fingerprint density at radius 3 is 2.48 bits per heavy atom. The first-order valence-electron chi connectivity index (χ1n) is 8.28. The predicted molar refractivity (Wildman–Crippen MR) is 94.3 cm³/mol. The maximum absolute atomic E-state index is 12.7. The van der Waals surface area contributed by atoms with Gasteiger partial charge in [0.05, 0.1) is 15.3 Å². The Kier molecular flexibility index (Phi) is 4.30. The highest BCUT2D eigenvalue weighted by atomic mass is 32.1. The van der Waals surface area contributed by atoms with Gasteiger partial charge in [-0.3, -0.25) is 0 Å². The molecule has 3 aromatic rings. The van der Waals surface area contributed by atoms with Gasteiger partial charge in [-0.2, -0.15) is 13.2 Å². The highest BCUT2D eigenvalue weighted by Gasteiger charge is 2.30. The van der Waals surface area contributed by atoms with Crippen LogP contribution in [0, 0.1) is 0 Å². The number of hydrogen-bond acceptors (Lipinski definition) is 4. The summed E-state index contributed by atoms with van der Waals surface area (Å²) < 4.78 is 44.5. The first kappa shape index (κ1) is 17.8. The molecule has 140 valence electrons. The molecule has 0 radical (unpaired) electrons. The number of carboxylic acid groups (broad SMARTS) is 1. The molecule has 0 spiro atoms. The minimum atomic E-state index is -4.40. The molecule has 1 fully saturated rings. The van der Waals surface area contributed by atoms with E-state index in [-0.39, 0.29) is 17.9 Å². The van der Waals surface area contributed by atoms with Crippen molar-refractivity contribution in [2.45, 2.75) is 31.5 Å². The summed E-state index contributed by atoms with van der Waals surface area (Å²) in [4.78, 5) is 16.1. The van der Waals surface area contributed by atoms with Crippen LogP contribution < -0.4 is 4.74 Å². The fourth-order valence-electron chi connectivity index (χ4n) is 2.75. The largest absolute Gasteiger partial charge is 0.486 e. The lowest BCUT2D eigenvalue weighted by Crippen LogP contribution is -2.06. The molecule has 1 N–H and O–H groups in total. The summed E-state index contributed by atoms with van der Waals surface area (Å²) in [5.74, 6) is -0.554. The third-order valence-corrected chi connectivity index (χ3v) is 5.54. The van der Waals surface area contributed by atoms with Gasteiger partial charge in [0, 0.05) is 5.92 Å². The molecule has 0 unspecified atom stereocenters. The SMILES string of the molecule is O=C(O)c1ccc2sc(C3CC3)nc2c1OCc1ccc(C(F)(F)F)cc1. The van der Waals surface area contributed by atoms with Crippen LogP contribution in [0.15, 0.2) is 36.4 Å². The lowest BCUT2D eigenvalue weighted by atomic mass is 10.1. The van der Waals surface area contributed by atoms with Gasteiger partial charge < -0.3 is 9.84 Å². The second-order valence-corrected chi connectivity index (χ2v) is 7.47. The Balaban J connectivity index is 1.63. The van der Waals surface area contributed by atoms with Crippen LogP contribution in [-0.4, -0.2) is 16.1 Å². The molecule has 1 aromatic heterocycles. The summed E-state index contributed by atoms with van der Waals surface area (Å²) >= 11 is 1.52. The van der Waals surface area contributed by atoms with Crippen molar-refractivity contribution in [3.8, 4) is 5.75 Å². The Morgan fingerprint density at radius 1 is 1.19 bits per heavy atom. The second-order valence-electron chi connectivity index (χ2n) is 6.40. The van der Waals surface area contributed by atoms with Gasteiger partial charge in [0.15, 0.2) is 5.75 Å². The molecule has 1 aliphatic carbocycles. The van der Waals surface area contributed by atoms with Gasteiger partial charge in [-0.05, 0) is 42.7 Å². The van der Waals surface area contributed by atoms with E-state index >= 15 is 0 Å². The zero-order valence-electron chi connectivity index (χ0n) is 13.9. The van der Waals surface area contributed by atoms with Gasteiger partial charge in [-0.25, -0.2) is 9.78 Å². The highest BCUT2D eigenvalue weighted by molar-refractivity contribution is 7.18. The van der Waals surface area contributed by atoms with Crippen molar-refractivity contribution < 1.29 is 27.8 Å². The number of rotatable bonds is 5. The van der Waals surface area contributed by atoms with Gasteiger partial charge in [0.25, 0.3) is 0 Å². The van der Waals surface area contributed by atoms with Crippen LogP contribution in [0.4, 0.5) is 13.2 Å². The average molecular weight is 393 g/mol. The third kappa shape index (κ3) is 3.62. The van der Waals surface area contributed by atoms with E-state index in [1.807, 2.05) is 0 Å². The monoisotopic (exact) mass is 393 g/mol. The Labute approximate surface area is 156 Å². The molecule has 0 amide bonds. The Morgan fingerprint density at radius 2 is 1.89 bits per heavy atom. The lowest BCUT2D eigenvalue weighted by molar-refractivity contribution is -0.137. The molecule has 4 rings (SSSR count). The van der Waals surface area contributed by atoms with Crippen LogP contribution >= 0.6 is 11.3 Å². The molecular weight excluding hydrogens is 379 g/mol. The van der Waals surface area contributed by atoms with E-state index in [2.05, 4.69) is 4.98 Å². The van der Waals surface area contributed by atoms with Crippen LogP contribution in [0.2, 0.25) is 0 Å². The van der Waals surface area contributed by atoms with Crippen molar-refractivity contribution in [3.05, 3.63) is 58.1 Å². The third-order valence-electron chi connectivity index (χ3n) is 4.35. The van der Waals surface area contributed by atoms with Crippen LogP contribution in [0.1, 0.15) is 45.3 Å². The van der Waals surface area contributed by atoms with E-state index < -0.39 is 17.7 Å². The fourth-order valence-corrected chi connectivity index (χ4v) is 3.89. The maximum Gasteiger partial charge on any atom is 0.416 e. The van der Waals surface area contributed by atoms with Crippen molar-refractivity contribution in [1.29, 1.82) is 0 Å². The molecule has 1 saturated carbocycles. The topological polar surface area (TPSA) is 59.4 Å². The highest BCUT2D eigenvalue weighted by Crippen LogP contribution is 2.45. The molecule has 8 heteroatoms. The van der Waals surface area contributed by atoms with Gasteiger partial charge in [-0.1, -0.05) is 12.1 Å². The van der Waals surface area contributed by atoms with E-state index in [9.17, 15) is 23.1 Å². The first-order chi connectivity index (χ1) is 12.8. The number of thiazole rings is 1. The van der Waals surface area contributed by atoms with Crippen LogP contribution in [0.3, 0.4) is 0 Å².